The Morgan fingerprint density at radius 2 is 1.93 bits per heavy atom. The molecule has 0 radical (unpaired) electrons. The molecule has 2 N–H and O–H groups in total. The van der Waals surface area contributed by atoms with Crippen LogP contribution in [-0.4, -0.2) is 33.9 Å². The van der Waals surface area contributed by atoms with E-state index < -0.39 is 12.1 Å². The summed E-state index contributed by atoms with van der Waals surface area (Å²) in [5.41, 5.74) is 1.37. The molecule has 2 aromatic rings. The Hall–Kier alpha value is -2.42. The summed E-state index contributed by atoms with van der Waals surface area (Å²) in [6.45, 7) is 1.05. The molecule has 148 valence electrons. The van der Waals surface area contributed by atoms with Crippen LogP contribution in [0, 0.1) is 0 Å². The van der Waals surface area contributed by atoms with Crippen LogP contribution in [0.3, 0.4) is 0 Å². The first-order chi connectivity index (χ1) is 12.9. The maximum Gasteiger partial charge on any atom is 0.490 e. The minimum absolute atomic E-state index is 0.263. The molecule has 27 heavy (non-hydrogen) atoms. The van der Waals surface area contributed by atoms with Crippen LogP contribution < -0.4 is 5.32 Å². The fraction of sp³-hybridized carbons (Fsp3) is 0.500. The molecule has 0 amide bonds. The predicted molar refractivity (Wildman–Crippen MR) is 91.1 cm³/mol. The van der Waals surface area contributed by atoms with Gasteiger partial charge in [0.05, 0.1) is 6.04 Å². The summed E-state index contributed by atoms with van der Waals surface area (Å²) in [6.07, 6.45) is 1.50. The summed E-state index contributed by atoms with van der Waals surface area (Å²) in [6, 6.07) is 10.8. The number of hydrogen-bond donors (Lipinski definition) is 2. The molecule has 1 aliphatic rings. The summed E-state index contributed by atoms with van der Waals surface area (Å²) in [5.74, 6) is -1.16. The Morgan fingerprint density at radius 3 is 2.52 bits per heavy atom. The summed E-state index contributed by atoms with van der Waals surface area (Å²) in [4.78, 5) is 13.4. The van der Waals surface area contributed by atoms with Crippen LogP contribution in [0.15, 0.2) is 34.9 Å². The molecular formula is C18H22F3N3O3. The molecule has 1 aromatic heterocycles. The second kappa shape index (κ2) is 10.1. The predicted octanol–water partition coefficient (Wildman–Crippen LogP) is 3.69. The van der Waals surface area contributed by atoms with Crippen molar-refractivity contribution in [1.82, 2.24) is 15.5 Å². The molecule has 0 spiro atoms. The number of rotatable bonds is 5. The third-order valence-corrected chi connectivity index (χ3v) is 4.04. The van der Waals surface area contributed by atoms with Gasteiger partial charge in [0, 0.05) is 6.42 Å². The number of benzene rings is 1. The normalized spacial score (nSPS) is 17.1. The number of piperidine rings is 1. The zero-order valence-corrected chi connectivity index (χ0v) is 14.7. The molecule has 1 aliphatic heterocycles. The van der Waals surface area contributed by atoms with Crippen molar-refractivity contribution in [3.63, 3.8) is 0 Å². The van der Waals surface area contributed by atoms with E-state index in [1.165, 1.54) is 18.4 Å². The lowest BCUT2D eigenvalue weighted by atomic mass is 10.1. The second-order valence-electron chi connectivity index (χ2n) is 6.19. The number of aliphatic carboxylic acids is 1. The molecule has 0 aliphatic carbocycles. The SMILES string of the molecule is O=C(O)C(F)(F)F.c1ccc(CCCc2noc([C@@H]3CCCCN3)n2)cc1. The van der Waals surface area contributed by atoms with Crippen molar-refractivity contribution in [3.05, 3.63) is 47.6 Å². The Balaban J connectivity index is 0.000000321. The van der Waals surface area contributed by atoms with Crippen LogP contribution in [-0.2, 0) is 17.6 Å². The van der Waals surface area contributed by atoms with Crippen LogP contribution in [0.2, 0.25) is 0 Å². The number of alkyl halides is 3. The lowest BCUT2D eigenvalue weighted by Crippen LogP contribution is -2.27. The molecule has 1 atom stereocenters. The Morgan fingerprint density at radius 1 is 1.22 bits per heavy atom. The van der Waals surface area contributed by atoms with E-state index in [1.54, 1.807) is 0 Å². The van der Waals surface area contributed by atoms with E-state index >= 15 is 0 Å². The van der Waals surface area contributed by atoms with Gasteiger partial charge in [-0.15, -0.1) is 0 Å². The van der Waals surface area contributed by atoms with E-state index in [4.69, 9.17) is 14.4 Å². The highest BCUT2D eigenvalue weighted by molar-refractivity contribution is 5.73. The van der Waals surface area contributed by atoms with Crippen molar-refractivity contribution >= 4 is 5.97 Å². The Labute approximate surface area is 154 Å². The molecular weight excluding hydrogens is 363 g/mol. The third kappa shape index (κ3) is 7.38. The van der Waals surface area contributed by atoms with Crippen molar-refractivity contribution in [3.8, 4) is 0 Å². The van der Waals surface area contributed by atoms with Crippen molar-refractivity contribution in [1.29, 1.82) is 0 Å². The maximum absolute atomic E-state index is 10.6. The highest BCUT2D eigenvalue weighted by Crippen LogP contribution is 2.21. The summed E-state index contributed by atoms with van der Waals surface area (Å²) in [5, 5.41) is 14.7. The molecule has 3 rings (SSSR count). The lowest BCUT2D eigenvalue weighted by molar-refractivity contribution is -0.192. The molecule has 0 unspecified atom stereocenters. The van der Waals surface area contributed by atoms with Gasteiger partial charge < -0.3 is 14.9 Å². The van der Waals surface area contributed by atoms with E-state index in [0.29, 0.717) is 0 Å². The maximum atomic E-state index is 10.6. The zero-order valence-electron chi connectivity index (χ0n) is 14.7. The van der Waals surface area contributed by atoms with E-state index in [2.05, 4.69) is 39.7 Å². The van der Waals surface area contributed by atoms with Gasteiger partial charge >= 0.3 is 12.1 Å². The first-order valence-corrected chi connectivity index (χ1v) is 8.76. The number of carbonyl (C=O) groups is 1. The average Bonchev–Trinajstić information content (AvgIpc) is 3.12. The van der Waals surface area contributed by atoms with Crippen LogP contribution in [0.25, 0.3) is 0 Å². The van der Waals surface area contributed by atoms with Crippen molar-refractivity contribution in [2.75, 3.05) is 6.54 Å². The standard InChI is InChI=1S/C16H21N3O.C2HF3O2/c1-2-7-13(8-3-1)9-6-11-15-18-16(20-19-15)14-10-4-5-12-17-14;3-2(4,5)1(6)7/h1-3,7-8,14,17H,4-6,9-12H2;(H,6,7)/t14-;/m0./s1. The number of aromatic nitrogens is 2. The average molecular weight is 385 g/mol. The van der Waals surface area contributed by atoms with Gasteiger partial charge in [0.15, 0.2) is 5.82 Å². The van der Waals surface area contributed by atoms with Gasteiger partial charge in [-0.1, -0.05) is 41.9 Å². The summed E-state index contributed by atoms with van der Waals surface area (Å²) >= 11 is 0. The third-order valence-electron chi connectivity index (χ3n) is 4.04. The molecule has 0 bridgehead atoms. The first kappa shape index (κ1) is 20.9. The fourth-order valence-electron chi connectivity index (χ4n) is 2.67. The molecule has 0 saturated carbocycles. The van der Waals surface area contributed by atoms with Crippen molar-refractivity contribution < 1.29 is 27.6 Å². The number of nitrogens with one attached hydrogen (secondary N) is 1. The van der Waals surface area contributed by atoms with Crippen LogP contribution >= 0.6 is 0 Å². The molecule has 1 fully saturated rings. The number of aryl methyl sites for hydroxylation is 2. The molecule has 2 heterocycles. The largest absolute Gasteiger partial charge is 0.490 e. The highest BCUT2D eigenvalue weighted by atomic mass is 19.4. The van der Waals surface area contributed by atoms with Crippen molar-refractivity contribution in [2.24, 2.45) is 0 Å². The monoisotopic (exact) mass is 385 g/mol. The first-order valence-electron chi connectivity index (χ1n) is 8.76. The van der Waals surface area contributed by atoms with Crippen LogP contribution in [0.1, 0.15) is 49.0 Å². The highest BCUT2D eigenvalue weighted by Gasteiger charge is 2.38. The van der Waals surface area contributed by atoms with Gasteiger partial charge in [-0.05, 0) is 37.8 Å². The number of nitrogens with zero attached hydrogens (tertiary/aromatic N) is 2. The van der Waals surface area contributed by atoms with E-state index in [9.17, 15) is 13.2 Å². The van der Waals surface area contributed by atoms with Gasteiger partial charge in [0.25, 0.3) is 0 Å². The van der Waals surface area contributed by atoms with Crippen molar-refractivity contribution in [2.45, 2.75) is 50.7 Å². The summed E-state index contributed by atoms with van der Waals surface area (Å²) in [7, 11) is 0. The molecule has 1 saturated heterocycles. The number of carboxylic acids is 1. The van der Waals surface area contributed by atoms with E-state index in [0.717, 1.165) is 43.9 Å². The summed E-state index contributed by atoms with van der Waals surface area (Å²) < 4.78 is 37.1. The van der Waals surface area contributed by atoms with Gasteiger partial charge in [-0.2, -0.15) is 18.2 Å². The van der Waals surface area contributed by atoms with Crippen LogP contribution in [0.5, 0.6) is 0 Å². The van der Waals surface area contributed by atoms with Gasteiger partial charge in [0.2, 0.25) is 5.89 Å². The lowest BCUT2D eigenvalue weighted by Gasteiger charge is -2.19. The molecule has 9 heteroatoms. The zero-order chi connectivity index (χ0) is 19.7. The fourth-order valence-corrected chi connectivity index (χ4v) is 2.67. The minimum atomic E-state index is -5.08. The van der Waals surface area contributed by atoms with Gasteiger partial charge in [-0.25, -0.2) is 4.79 Å². The van der Waals surface area contributed by atoms with Gasteiger partial charge in [-0.3, -0.25) is 0 Å². The molecule has 1 aromatic carbocycles. The Bertz CT molecular complexity index is 699. The van der Waals surface area contributed by atoms with Crippen LogP contribution in [0.4, 0.5) is 13.2 Å². The minimum Gasteiger partial charge on any atom is -0.475 e. The topological polar surface area (TPSA) is 88.2 Å². The van der Waals surface area contributed by atoms with E-state index in [1.807, 2.05) is 6.07 Å². The molecule has 6 nitrogen and oxygen atoms in total. The number of hydrogen-bond acceptors (Lipinski definition) is 5. The van der Waals surface area contributed by atoms with E-state index in [-0.39, 0.29) is 6.04 Å². The smallest absolute Gasteiger partial charge is 0.475 e. The quantitative estimate of drug-likeness (QED) is 0.816. The number of carboxylic acid groups (broad SMARTS) is 1. The second-order valence-corrected chi connectivity index (χ2v) is 6.19. The van der Waals surface area contributed by atoms with Gasteiger partial charge in [0.1, 0.15) is 0 Å². The number of halogens is 3. The Kier molecular flexibility index (Phi) is 7.78.